The van der Waals surface area contributed by atoms with E-state index in [1.54, 1.807) is 30.3 Å². The Morgan fingerprint density at radius 1 is 0.878 bits per heavy atom. The third kappa shape index (κ3) is 8.00. The Hall–Kier alpha value is -3.58. The van der Waals surface area contributed by atoms with E-state index in [2.05, 4.69) is 13.5 Å². The smallest absolute Gasteiger partial charge is 0.343 e. The van der Waals surface area contributed by atoms with Gasteiger partial charge in [0.15, 0.2) is 23.1 Å². The topological polar surface area (TPSA) is 44.8 Å². The van der Waals surface area contributed by atoms with Crippen LogP contribution in [-0.4, -0.2) is 25.3 Å². The van der Waals surface area contributed by atoms with Gasteiger partial charge in [-0.15, -0.1) is 6.58 Å². The summed E-state index contributed by atoms with van der Waals surface area (Å²) in [7, 11) is 0. The van der Waals surface area contributed by atoms with E-state index in [0.29, 0.717) is 36.1 Å². The maximum atomic E-state index is 15.0. The highest BCUT2D eigenvalue weighted by Crippen LogP contribution is 2.37. The molecule has 41 heavy (non-hydrogen) atoms. The third-order valence-corrected chi connectivity index (χ3v) is 7.44. The van der Waals surface area contributed by atoms with Crippen LogP contribution in [0.25, 0.3) is 11.1 Å². The number of allylic oxidation sites excluding steroid dienone is 1. The molecule has 0 aliphatic heterocycles. The predicted octanol–water partition coefficient (Wildman–Crippen LogP) is 9.18. The van der Waals surface area contributed by atoms with Crippen LogP contribution in [0, 0.1) is 17.5 Å². The van der Waals surface area contributed by atoms with Crippen LogP contribution in [0.15, 0.2) is 67.3 Å². The van der Waals surface area contributed by atoms with E-state index >= 15 is 4.39 Å². The van der Waals surface area contributed by atoms with E-state index in [4.69, 9.17) is 14.2 Å². The molecule has 0 N–H and O–H groups in total. The van der Waals surface area contributed by atoms with E-state index in [1.807, 2.05) is 0 Å². The van der Waals surface area contributed by atoms with Gasteiger partial charge in [-0.05, 0) is 97.9 Å². The second-order valence-electron chi connectivity index (χ2n) is 10.4. The first kappa shape index (κ1) is 30.4. The highest BCUT2D eigenvalue weighted by molar-refractivity contribution is 5.91. The van der Waals surface area contributed by atoms with Gasteiger partial charge in [0.2, 0.25) is 5.82 Å². The number of carbonyl (C=O) groups excluding carboxylic acids is 1. The lowest BCUT2D eigenvalue weighted by Crippen LogP contribution is -2.22. The Labute approximate surface area is 240 Å². The molecule has 7 heteroatoms. The molecule has 0 saturated heterocycles. The number of benzene rings is 3. The molecule has 4 nitrogen and oxygen atoms in total. The zero-order chi connectivity index (χ0) is 29.2. The summed E-state index contributed by atoms with van der Waals surface area (Å²) in [4.78, 5) is 12.7. The minimum atomic E-state index is -1.17. The zero-order valence-electron chi connectivity index (χ0n) is 23.5. The van der Waals surface area contributed by atoms with Gasteiger partial charge in [0, 0.05) is 6.61 Å². The van der Waals surface area contributed by atoms with E-state index in [9.17, 15) is 13.6 Å². The van der Waals surface area contributed by atoms with Crippen molar-refractivity contribution in [3.05, 3.63) is 95.8 Å². The molecule has 0 unspecified atom stereocenters. The third-order valence-electron chi connectivity index (χ3n) is 7.44. The summed E-state index contributed by atoms with van der Waals surface area (Å²) < 4.78 is 61.0. The van der Waals surface area contributed by atoms with Gasteiger partial charge in [-0.3, -0.25) is 0 Å². The lowest BCUT2D eigenvalue weighted by Gasteiger charge is -2.29. The lowest BCUT2D eigenvalue weighted by molar-refractivity contribution is 0.0230. The molecule has 0 bridgehead atoms. The average Bonchev–Trinajstić information content (AvgIpc) is 2.99. The van der Waals surface area contributed by atoms with Gasteiger partial charge < -0.3 is 14.2 Å². The SMILES string of the molecule is C=CCCCOc1ccc(-c2ccc(C(=O)Oc3ccc(C4CCC(OCCCC)CC4)c(F)c3F)cc2)cc1F. The molecule has 1 aliphatic carbocycles. The van der Waals surface area contributed by atoms with Crippen molar-refractivity contribution in [1.29, 1.82) is 0 Å². The van der Waals surface area contributed by atoms with Crippen molar-refractivity contribution in [1.82, 2.24) is 0 Å². The monoisotopic (exact) mass is 566 g/mol. The molecule has 1 saturated carbocycles. The molecule has 0 heterocycles. The van der Waals surface area contributed by atoms with E-state index in [1.165, 1.54) is 30.3 Å². The van der Waals surface area contributed by atoms with Crippen molar-refractivity contribution in [3.8, 4) is 22.6 Å². The highest BCUT2D eigenvalue weighted by atomic mass is 19.2. The number of rotatable bonds is 13. The van der Waals surface area contributed by atoms with Crippen LogP contribution in [0.1, 0.15) is 80.1 Å². The van der Waals surface area contributed by atoms with Crippen molar-refractivity contribution in [2.45, 2.75) is 70.3 Å². The number of hydrogen-bond acceptors (Lipinski definition) is 4. The first-order chi connectivity index (χ1) is 19.9. The largest absolute Gasteiger partial charge is 0.491 e. The fraction of sp³-hybridized carbons (Fsp3) is 0.382. The van der Waals surface area contributed by atoms with Crippen molar-refractivity contribution in [2.24, 2.45) is 0 Å². The number of unbranched alkanes of at least 4 members (excludes halogenated alkanes) is 2. The van der Waals surface area contributed by atoms with Gasteiger partial charge >= 0.3 is 5.97 Å². The second-order valence-corrected chi connectivity index (χ2v) is 10.4. The van der Waals surface area contributed by atoms with Crippen LogP contribution in [0.5, 0.6) is 11.5 Å². The standard InChI is InChI=1S/C34H37F3O4/c1-3-5-7-21-40-30-18-14-26(22-29(30)35)23-8-10-25(11-9-23)34(38)41-31-19-17-28(32(36)33(31)37)24-12-15-27(16-13-24)39-20-6-4-2/h3,8-11,14,17-19,22,24,27H,1,4-7,12-13,15-16,20-21H2,2H3. The molecule has 0 atom stereocenters. The number of halogens is 3. The second kappa shape index (κ2) is 14.9. The molecule has 0 radical (unpaired) electrons. The Morgan fingerprint density at radius 2 is 1.59 bits per heavy atom. The molecule has 1 aliphatic rings. The molecule has 0 amide bonds. The van der Waals surface area contributed by atoms with E-state index in [-0.39, 0.29) is 23.3 Å². The van der Waals surface area contributed by atoms with Gasteiger partial charge in [0.1, 0.15) is 0 Å². The minimum absolute atomic E-state index is 0.101. The van der Waals surface area contributed by atoms with Crippen molar-refractivity contribution in [3.63, 3.8) is 0 Å². The van der Waals surface area contributed by atoms with Crippen LogP contribution >= 0.6 is 0 Å². The van der Waals surface area contributed by atoms with Crippen molar-refractivity contribution in [2.75, 3.05) is 13.2 Å². The Bertz CT molecular complexity index is 1310. The van der Waals surface area contributed by atoms with Crippen molar-refractivity contribution >= 4 is 5.97 Å². The molecule has 3 aromatic rings. The molecule has 0 aromatic heterocycles. The average molecular weight is 567 g/mol. The van der Waals surface area contributed by atoms with Crippen LogP contribution < -0.4 is 9.47 Å². The molecule has 0 spiro atoms. The Kier molecular flexibility index (Phi) is 11.0. The maximum Gasteiger partial charge on any atom is 0.343 e. The Balaban J connectivity index is 1.36. The number of esters is 1. The first-order valence-corrected chi connectivity index (χ1v) is 14.4. The number of ether oxygens (including phenoxy) is 3. The van der Waals surface area contributed by atoms with Crippen LogP contribution in [-0.2, 0) is 4.74 Å². The van der Waals surface area contributed by atoms with Gasteiger partial charge in [0.05, 0.1) is 18.3 Å². The Morgan fingerprint density at radius 3 is 2.27 bits per heavy atom. The molecule has 1 fully saturated rings. The quantitative estimate of drug-likeness (QED) is 0.0896. The van der Waals surface area contributed by atoms with E-state index < -0.39 is 29.2 Å². The molecule has 4 rings (SSSR count). The zero-order valence-corrected chi connectivity index (χ0v) is 23.5. The fourth-order valence-electron chi connectivity index (χ4n) is 5.04. The summed E-state index contributed by atoms with van der Waals surface area (Å²) in [5.41, 5.74) is 1.73. The molecular weight excluding hydrogens is 529 g/mol. The summed E-state index contributed by atoms with van der Waals surface area (Å²) >= 11 is 0. The maximum absolute atomic E-state index is 15.0. The van der Waals surface area contributed by atoms with Gasteiger partial charge in [-0.25, -0.2) is 13.6 Å². The minimum Gasteiger partial charge on any atom is -0.491 e. The summed E-state index contributed by atoms with van der Waals surface area (Å²) in [6.07, 6.45) is 8.63. The van der Waals surface area contributed by atoms with Gasteiger partial charge in [-0.1, -0.05) is 43.7 Å². The predicted molar refractivity (Wildman–Crippen MR) is 154 cm³/mol. The van der Waals surface area contributed by atoms with Gasteiger partial charge in [0.25, 0.3) is 0 Å². The summed E-state index contributed by atoms with van der Waals surface area (Å²) in [5, 5.41) is 0. The van der Waals surface area contributed by atoms with Crippen LogP contribution in [0.2, 0.25) is 0 Å². The normalized spacial score (nSPS) is 16.8. The first-order valence-electron chi connectivity index (χ1n) is 14.4. The number of carbonyl (C=O) groups is 1. The summed E-state index contributed by atoms with van der Waals surface area (Å²) in [6.45, 7) is 6.88. The fourth-order valence-corrected chi connectivity index (χ4v) is 5.04. The molecule has 218 valence electrons. The van der Waals surface area contributed by atoms with E-state index in [0.717, 1.165) is 45.1 Å². The van der Waals surface area contributed by atoms with Crippen LogP contribution in [0.3, 0.4) is 0 Å². The summed E-state index contributed by atoms with van der Waals surface area (Å²) in [5.74, 6) is -3.84. The molecule has 3 aromatic carbocycles. The highest BCUT2D eigenvalue weighted by Gasteiger charge is 2.27. The number of hydrogen-bond donors (Lipinski definition) is 0. The summed E-state index contributed by atoms with van der Waals surface area (Å²) in [6, 6.07) is 13.7. The van der Waals surface area contributed by atoms with Crippen molar-refractivity contribution < 1.29 is 32.2 Å². The lowest BCUT2D eigenvalue weighted by atomic mass is 9.82. The van der Waals surface area contributed by atoms with Crippen LogP contribution in [0.4, 0.5) is 13.2 Å². The van der Waals surface area contributed by atoms with Gasteiger partial charge in [-0.2, -0.15) is 4.39 Å². The molecular formula is C34H37F3O4.